The highest BCUT2D eigenvalue weighted by atomic mass is 32.2. The van der Waals surface area contributed by atoms with Gasteiger partial charge in [0.1, 0.15) is 10.8 Å². The number of aromatic amines is 1. The Bertz CT molecular complexity index is 915. The van der Waals surface area contributed by atoms with Crippen LogP contribution in [-0.2, 0) is 23.0 Å². The number of nitrogens with zero attached hydrogens (tertiary/aromatic N) is 1. The molecule has 3 rings (SSSR count). The summed E-state index contributed by atoms with van der Waals surface area (Å²) in [5, 5.41) is 0.674. The molecule has 1 aliphatic rings. The molecule has 0 saturated carbocycles. The fraction of sp³-hybridized carbons (Fsp3) is 0.368. The van der Waals surface area contributed by atoms with Gasteiger partial charge >= 0.3 is 0 Å². The highest BCUT2D eigenvalue weighted by Crippen LogP contribution is 2.30. The first-order valence-corrected chi connectivity index (χ1v) is 9.62. The van der Waals surface area contributed by atoms with Gasteiger partial charge in [-0.1, -0.05) is 6.07 Å². The number of hydrogen-bond acceptors (Lipinski definition) is 4. The minimum atomic E-state index is -1.27. The number of hydrogen-bond donors (Lipinski definition) is 1. The predicted molar refractivity (Wildman–Crippen MR) is 101 cm³/mol. The number of aromatic nitrogens is 1. The minimum absolute atomic E-state index is 0.00337. The van der Waals surface area contributed by atoms with Crippen molar-refractivity contribution in [2.24, 2.45) is 4.99 Å². The number of aliphatic imine (C=N–C) groups is 1. The Morgan fingerprint density at radius 2 is 2.08 bits per heavy atom. The Morgan fingerprint density at radius 1 is 1.28 bits per heavy atom. The van der Waals surface area contributed by atoms with E-state index in [-0.39, 0.29) is 11.2 Å². The lowest BCUT2D eigenvalue weighted by molar-refractivity contribution is 0.415. The van der Waals surface area contributed by atoms with Gasteiger partial charge in [-0.05, 0) is 44.7 Å². The van der Waals surface area contributed by atoms with Crippen LogP contribution in [-0.4, -0.2) is 21.3 Å². The molecule has 1 atom stereocenters. The molecule has 0 spiro atoms. The maximum atomic E-state index is 12.9. The Kier molecular flexibility index (Phi) is 5.18. The van der Waals surface area contributed by atoms with E-state index in [9.17, 15) is 9.00 Å². The van der Waals surface area contributed by atoms with Crippen LogP contribution in [0.2, 0.25) is 0 Å². The average molecular weight is 358 g/mol. The molecule has 0 bridgehead atoms. The molecule has 5 nitrogen and oxygen atoms in total. The monoisotopic (exact) mass is 358 g/mol. The van der Waals surface area contributed by atoms with Gasteiger partial charge in [0.25, 0.3) is 0 Å². The number of methoxy groups -OCH3 is 1. The van der Waals surface area contributed by atoms with Crippen LogP contribution in [0, 0.1) is 13.8 Å². The summed E-state index contributed by atoms with van der Waals surface area (Å²) < 4.78 is 18.1. The molecule has 6 heteroatoms. The van der Waals surface area contributed by atoms with Crippen LogP contribution in [0.5, 0.6) is 5.75 Å². The largest absolute Gasteiger partial charge is 0.497 e. The zero-order chi connectivity index (χ0) is 18.0. The van der Waals surface area contributed by atoms with Crippen LogP contribution in [0.4, 0.5) is 5.69 Å². The van der Waals surface area contributed by atoms with Gasteiger partial charge in [-0.2, -0.15) is 0 Å². The lowest BCUT2D eigenvalue weighted by atomic mass is 10.1. The highest BCUT2D eigenvalue weighted by Gasteiger charge is 2.18. The number of ether oxygens (including phenoxy) is 1. The van der Waals surface area contributed by atoms with E-state index in [2.05, 4.69) is 9.98 Å². The normalized spacial score (nSPS) is 15.1. The predicted octanol–water partition coefficient (Wildman–Crippen LogP) is 3.32. The van der Waals surface area contributed by atoms with Crippen molar-refractivity contribution in [1.82, 2.24) is 4.98 Å². The van der Waals surface area contributed by atoms with E-state index in [1.54, 1.807) is 27.2 Å². The quantitative estimate of drug-likeness (QED) is 0.915. The van der Waals surface area contributed by atoms with Crippen molar-refractivity contribution >= 4 is 21.5 Å². The lowest BCUT2D eigenvalue weighted by Gasteiger charge is -2.08. The molecule has 25 heavy (non-hydrogen) atoms. The third-order valence-electron chi connectivity index (χ3n) is 4.53. The number of fused-ring (bicyclic) bond motifs is 1. The van der Waals surface area contributed by atoms with Crippen molar-refractivity contribution in [2.45, 2.75) is 38.9 Å². The number of nitrogens with one attached hydrogen (secondary N) is 1. The van der Waals surface area contributed by atoms with Gasteiger partial charge in [0.05, 0.1) is 29.3 Å². The Morgan fingerprint density at radius 3 is 2.84 bits per heavy atom. The average Bonchev–Trinajstić information content (AvgIpc) is 2.83. The third kappa shape index (κ3) is 3.74. The van der Waals surface area contributed by atoms with Crippen LogP contribution >= 0.6 is 0 Å². The van der Waals surface area contributed by atoms with Crippen molar-refractivity contribution in [2.75, 3.05) is 7.11 Å². The van der Waals surface area contributed by atoms with Crippen molar-refractivity contribution in [3.05, 3.63) is 57.0 Å². The van der Waals surface area contributed by atoms with Gasteiger partial charge in [0, 0.05) is 29.1 Å². The van der Waals surface area contributed by atoms with Gasteiger partial charge in [-0.25, -0.2) is 4.99 Å². The molecule has 0 fully saturated rings. The van der Waals surface area contributed by atoms with E-state index in [0.29, 0.717) is 28.3 Å². The van der Waals surface area contributed by atoms with E-state index in [1.807, 2.05) is 18.2 Å². The van der Waals surface area contributed by atoms with E-state index >= 15 is 0 Å². The summed E-state index contributed by atoms with van der Waals surface area (Å²) in [4.78, 5) is 19.8. The molecular formula is C19H22N2O3S. The van der Waals surface area contributed by atoms with E-state index in [1.165, 1.54) is 0 Å². The molecule has 0 amide bonds. The van der Waals surface area contributed by atoms with E-state index < -0.39 is 10.8 Å². The van der Waals surface area contributed by atoms with Crippen LogP contribution in [0.3, 0.4) is 0 Å². The second-order valence-electron chi connectivity index (χ2n) is 6.25. The fourth-order valence-corrected chi connectivity index (χ4v) is 4.24. The molecule has 1 aliphatic heterocycles. The van der Waals surface area contributed by atoms with Crippen molar-refractivity contribution < 1.29 is 8.95 Å². The summed E-state index contributed by atoms with van der Waals surface area (Å²) in [7, 11) is 0.352. The first-order chi connectivity index (χ1) is 12.0. The highest BCUT2D eigenvalue weighted by molar-refractivity contribution is 7.99. The van der Waals surface area contributed by atoms with Crippen molar-refractivity contribution in [3.8, 4) is 5.75 Å². The van der Waals surface area contributed by atoms with Crippen LogP contribution in [0.25, 0.3) is 0 Å². The number of aryl methyl sites for hydroxylation is 2. The molecule has 1 unspecified atom stereocenters. The molecular weight excluding hydrogens is 336 g/mol. The third-order valence-corrected chi connectivity index (χ3v) is 5.90. The van der Waals surface area contributed by atoms with E-state index in [4.69, 9.17) is 4.74 Å². The molecule has 0 aliphatic carbocycles. The van der Waals surface area contributed by atoms with Gasteiger partial charge in [0.15, 0.2) is 5.43 Å². The minimum Gasteiger partial charge on any atom is -0.497 e. The lowest BCUT2D eigenvalue weighted by Crippen LogP contribution is -2.17. The number of benzene rings is 1. The van der Waals surface area contributed by atoms with Crippen LogP contribution in [0.15, 0.2) is 34.2 Å². The van der Waals surface area contributed by atoms with Crippen molar-refractivity contribution in [3.63, 3.8) is 0 Å². The Balaban J connectivity index is 1.90. The maximum Gasteiger partial charge on any atom is 0.187 e. The van der Waals surface area contributed by atoms with E-state index in [0.717, 1.165) is 29.8 Å². The van der Waals surface area contributed by atoms with Gasteiger partial charge < -0.3 is 9.72 Å². The fourth-order valence-electron chi connectivity index (χ4n) is 2.94. The second kappa shape index (κ2) is 7.35. The molecule has 1 aromatic heterocycles. The molecule has 1 aromatic carbocycles. The topological polar surface area (TPSA) is 71.5 Å². The summed E-state index contributed by atoms with van der Waals surface area (Å²) in [6.45, 7) is 3.54. The summed E-state index contributed by atoms with van der Waals surface area (Å²) in [6.07, 6.45) is 4.19. The zero-order valence-electron chi connectivity index (χ0n) is 14.7. The summed E-state index contributed by atoms with van der Waals surface area (Å²) in [6, 6.07) is 5.83. The summed E-state index contributed by atoms with van der Waals surface area (Å²) in [5.41, 5.74) is 3.99. The molecule has 132 valence electrons. The zero-order valence-corrected chi connectivity index (χ0v) is 15.5. The smallest absolute Gasteiger partial charge is 0.187 e. The second-order valence-corrected chi connectivity index (χ2v) is 7.70. The Hall–Kier alpha value is -2.21. The molecule has 0 saturated heterocycles. The SMILES string of the molecule is COc1ccc2c(c1)N=C(S(=O)Cc1[nH]cc(C)c(=O)c1C)CCC2. The molecule has 2 aromatic rings. The van der Waals surface area contributed by atoms with Gasteiger partial charge in [-0.15, -0.1) is 0 Å². The van der Waals surface area contributed by atoms with Crippen molar-refractivity contribution in [1.29, 1.82) is 0 Å². The summed E-state index contributed by atoms with van der Waals surface area (Å²) >= 11 is 0. The first-order valence-electron chi connectivity index (χ1n) is 8.30. The molecule has 0 radical (unpaired) electrons. The van der Waals surface area contributed by atoms with Gasteiger partial charge in [0.2, 0.25) is 0 Å². The van der Waals surface area contributed by atoms with Crippen LogP contribution < -0.4 is 10.2 Å². The maximum absolute atomic E-state index is 12.9. The summed E-state index contributed by atoms with van der Waals surface area (Å²) in [5.74, 6) is 1.02. The first kappa shape index (κ1) is 17.6. The number of rotatable bonds is 3. The number of pyridine rings is 1. The standard InChI is InChI=1S/C19H22N2O3S/c1-12-10-20-17(13(2)19(12)22)11-25(23)18-6-4-5-14-7-8-15(24-3)9-16(14)21-18/h7-10H,4-6,11H2,1-3H3,(H,20,22). The number of H-pyrrole nitrogens is 1. The molecule has 2 heterocycles. The van der Waals surface area contributed by atoms with Gasteiger partial charge in [-0.3, -0.25) is 9.00 Å². The van der Waals surface area contributed by atoms with Crippen LogP contribution in [0.1, 0.15) is 35.2 Å². The molecule has 1 N–H and O–H groups in total. The Labute approximate surface area is 149 Å².